The van der Waals surface area contributed by atoms with Crippen LogP contribution >= 0.6 is 22.6 Å². The first kappa shape index (κ1) is 14.4. The van der Waals surface area contributed by atoms with Crippen LogP contribution in [0.3, 0.4) is 0 Å². The zero-order valence-corrected chi connectivity index (χ0v) is 12.2. The summed E-state index contributed by atoms with van der Waals surface area (Å²) < 4.78 is 19.1. The minimum Gasteiger partial charge on any atom is -0.435 e. The van der Waals surface area contributed by atoms with Gasteiger partial charge in [-0.05, 0) is 35.6 Å². The molecule has 0 amide bonds. The Bertz CT molecular complexity index is 747. The van der Waals surface area contributed by atoms with Gasteiger partial charge in [-0.25, -0.2) is 9.37 Å². The number of benzene rings is 1. The van der Waals surface area contributed by atoms with E-state index in [1.54, 1.807) is 22.6 Å². The molecule has 0 unspecified atom stereocenters. The number of aryl methyl sites for hydroxylation is 1. The van der Waals surface area contributed by atoms with Crippen LogP contribution in [0, 0.1) is 26.4 Å². The maximum Gasteiger partial charge on any atom is 0.275 e. The van der Waals surface area contributed by atoms with E-state index in [9.17, 15) is 19.3 Å². The van der Waals surface area contributed by atoms with E-state index < -0.39 is 16.3 Å². The van der Waals surface area contributed by atoms with E-state index in [4.69, 9.17) is 4.74 Å². The van der Waals surface area contributed by atoms with Crippen molar-refractivity contribution in [3.05, 3.63) is 53.9 Å². The Kier molecular flexibility index (Phi) is 3.97. The number of hydrogen-bond donors (Lipinski definition) is 1. The van der Waals surface area contributed by atoms with Gasteiger partial charge in [-0.2, -0.15) is 0 Å². The van der Waals surface area contributed by atoms with Crippen LogP contribution in [0.25, 0.3) is 0 Å². The number of rotatable bonds is 3. The first-order valence-corrected chi connectivity index (χ1v) is 6.33. The molecular weight excluding hydrogens is 384 g/mol. The molecule has 0 radical (unpaired) electrons. The van der Waals surface area contributed by atoms with Gasteiger partial charge in [0.1, 0.15) is 3.57 Å². The molecule has 0 bridgehead atoms. The predicted molar refractivity (Wildman–Crippen MR) is 75.4 cm³/mol. The normalized spacial score (nSPS) is 10.3. The Morgan fingerprint density at radius 1 is 1.50 bits per heavy atom. The summed E-state index contributed by atoms with van der Waals surface area (Å²) in [7, 11) is 0. The van der Waals surface area contributed by atoms with Gasteiger partial charge >= 0.3 is 0 Å². The van der Waals surface area contributed by atoms with E-state index in [0.717, 1.165) is 12.4 Å². The molecule has 1 N–H and O–H groups in total. The van der Waals surface area contributed by atoms with Crippen molar-refractivity contribution in [2.45, 2.75) is 6.92 Å². The fraction of sp³-hybridized carbons (Fsp3) is 0.0909. The summed E-state index contributed by atoms with van der Waals surface area (Å²) in [6.45, 7) is 1.46. The monoisotopic (exact) mass is 391 g/mol. The van der Waals surface area contributed by atoms with E-state index in [-0.39, 0.29) is 26.5 Å². The highest BCUT2D eigenvalue weighted by Crippen LogP contribution is 2.30. The third kappa shape index (κ3) is 2.76. The maximum absolute atomic E-state index is 13.8. The molecule has 20 heavy (non-hydrogen) atoms. The second-order valence-corrected chi connectivity index (χ2v) is 4.86. The minimum absolute atomic E-state index is 0.0681. The molecule has 0 aliphatic carbocycles. The van der Waals surface area contributed by atoms with Gasteiger partial charge in [0, 0.05) is 5.56 Å². The third-order valence-corrected chi connectivity index (χ3v) is 3.37. The topological polar surface area (TPSA) is 98.1 Å². The smallest absolute Gasteiger partial charge is 0.275 e. The first-order chi connectivity index (χ1) is 9.40. The molecule has 0 aliphatic heterocycles. The van der Waals surface area contributed by atoms with Crippen molar-refractivity contribution in [2.24, 2.45) is 0 Å². The molecule has 0 saturated heterocycles. The van der Waals surface area contributed by atoms with Crippen molar-refractivity contribution in [1.82, 2.24) is 9.97 Å². The van der Waals surface area contributed by atoms with Crippen LogP contribution < -0.4 is 10.3 Å². The lowest BCUT2D eigenvalue weighted by atomic mass is 10.2. The van der Waals surface area contributed by atoms with E-state index in [2.05, 4.69) is 9.97 Å². The Hall–Kier alpha value is -2.04. The maximum atomic E-state index is 13.8. The number of aromatic amines is 1. The lowest BCUT2D eigenvalue weighted by molar-refractivity contribution is -0.385. The van der Waals surface area contributed by atoms with Crippen molar-refractivity contribution in [3.63, 3.8) is 0 Å². The van der Waals surface area contributed by atoms with E-state index in [0.29, 0.717) is 0 Å². The Morgan fingerprint density at radius 2 is 2.20 bits per heavy atom. The number of hydrogen-bond acceptors (Lipinski definition) is 5. The van der Waals surface area contributed by atoms with Crippen LogP contribution in [0.15, 0.2) is 23.3 Å². The lowest BCUT2D eigenvalue weighted by Crippen LogP contribution is -2.11. The highest BCUT2D eigenvalue weighted by molar-refractivity contribution is 14.1. The largest absolute Gasteiger partial charge is 0.435 e. The Labute approximate surface area is 125 Å². The van der Waals surface area contributed by atoms with Gasteiger partial charge in [-0.15, -0.1) is 0 Å². The van der Waals surface area contributed by atoms with Crippen molar-refractivity contribution in [1.29, 1.82) is 0 Å². The quantitative estimate of drug-likeness (QED) is 0.493. The van der Waals surface area contributed by atoms with Crippen LogP contribution in [-0.4, -0.2) is 14.9 Å². The molecule has 7 nitrogen and oxygen atoms in total. The SMILES string of the molecule is Cc1cc(Oc2nc[nH]c(=O)c2I)c(F)cc1[N+](=O)[O-]. The number of ether oxygens (including phenoxy) is 1. The highest BCUT2D eigenvalue weighted by Gasteiger charge is 2.18. The molecule has 2 aromatic rings. The Morgan fingerprint density at radius 3 is 2.85 bits per heavy atom. The third-order valence-electron chi connectivity index (χ3n) is 2.42. The molecule has 104 valence electrons. The van der Waals surface area contributed by atoms with Crippen molar-refractivity contribution >= 4 is 28.3 Å². The van der Waals surface area contributed by atoms with E-state index in [1.807, 2.05) is 0 Å². The summed E-state index contributed by atoms with van der Waals surface area (Å²) in [5.74, 6) is -1.20. The van der Waals surface area contributed by atoms with Gasteiger partial charge in [0.15, 0.2) is 11.6 Å². The molecule has 1 heterocycles. The molecule has 0 atom stereocenters. The van der Waals surface area contributed by atoms with Crippen LogP contribution in [0.4, 0.5) is 10.1 Å². The second kappa shape index (κ2) is 5.53. The average molecular weight is 391 g/mol. The van der Waals surface area contributed by atoms with Gasteiger partial charge in [-0.3, -0.25) is 14.9 Å². The standard InChI is InChI=1S/C11H7FIN3O4/c1-5-2-8(6(12)3-7(5)16(18)19)20-11-9(13)10(17)14-4-15-11/h2-4H,1H3,(H,14,15,17). The van der Waals surface area contributed by atoms with Crippen LogP contribution in [0.5, 0.6) is 11.6 Å². The van der Waals surface area contributed by atoms with E-state index in [1.165, 1.54) is 13.0 Å². The molecule has 1 aromatic heterocycles. The zero-order chi connectivity index (χ0) is 14.9. The number of aromatic nitrogens is 2. The summed E-state index contributed by atoms with van der Waals surface area (Å²) in [5.41, 5.74) is -0.524. The summed E-state index contributed by atoms with van der Waals surface area (Å²) >= 11 is 1.71. The predicted octanol–water partition coefficient (Wildman–Crippen LogP) is 2.52. The Balaban J connectivity index is 2.45. The highest BCUT2D eigenvalue weighted by atomic mass is 127. The number of halogens is 2. The number of nitro groups is 1. The molecule has 2 rings (SSSR count). The molecule has 0 aliphatic rings. The van der Waals surface area contributed by atoms with Crippen molar-refractivity contribution in [3.8, 4) is 11.6 Å². The van der Waals surface area contributed by atoms with Crippen molar-refractivity contribution < 1.29 is 14.1 Å². The van der Waals surface area contributed by atoms with Gasteiger partial charge in [0.05, 0.1) is 17.3 Å². The molecule has 9 heteroatoms. The summed E-state index contributed by atoms with van der Waals surface area (Å²) in [4.78, 5) is 27.5. The van der Waals surface area contributed by atoms with Crippen LogP contribution in [-0.2, 0) is 0 Å². The van der Waals surface area contributed by atoms with Gasteiger partial charge in [-0.1, -0.05) is 0 Å². The molecule has 0 fully saturated rings. The number of nitrogens with zero attached hydrogens (tertiary/aromatic N) is 2. The van der Waals surface area contributed by atoms with Gasteiger partial charge < -0.3 is 9.72 Å². The van der Waals surface area contributed by atoms with E-state index >= 15 is 0 Å². The summed E-state index contributed by atoms with van der Waals surface area (Å²) in [6, 6.07) is 1.96. The van der Waals surface area contributed by atoms with Crippen LogP contribution in [0.2, 0.25) is 0 Å². The molecule has 0 saturated carbocycles. The lowest BCUT2D eigenvalue weighted by Gasteiger charge is -2.07. The average Bonchev–Trinajstić information content (AvgIpc) is 2.38. The number of nitro benzene ring substituents is 1. The van der Waals surface area contributed by atoms with Gasteiger partial charge in [0.25, 0.3) is 11.2 Å². The first-order valence-electron chi connectivity index (χ1n) is 5.25. The summed E-state index contributed by atoms with van der Waals surface area (Å²) in [6.07, 6.45) is 1.12. The fourth-order valence-corrected chi connectivity index (χ4v) is 1.87. The number of nitrogens with one attached hydrogen (secondary N) is 1. The zero-order valence-electron chi connectivity index (χ0n) is 10.0. The minimum atomic E-state index is -0.903. The molecule has 1 aromatic carbocycles. The molecule has 0 spiro atoms. The fourth-order valence-electron chi connectivity index (χ4n) is 1.46. The second-order valence-electron chi connectivity index (χ2n) is 3.78. The van der Waals surface area contributed by atoms with Gasteiger partial charge in [0.2, 0.25) is 5.88 Å². The summed E-state index contributed by atoms with van der Waals surface area (Å²) in [5, 5.41) is 10.7. The number of H-pyrrole nitrogens is 1. The van der Waals surface area contributed by atoms with Crippen LogP contribution in [0.1, 0.15) is 5.56 Å². The van der Waals surface area contributed by atoms with Crippen molar-refractivity contribution in [2.75, 3.05) is 0 Å². The molecular formula is C11H7FIN3O4.